The van der Waals surface area contributed by atoms with Crippen molar-refractivity contribution in [3.63, 3.8) is 0 Å². The van der Waals surface area contributed by atoms with Crippen LogP contribution in [0.15, 0.2) is 48.5 Å². The zero-order valence-corrected chi connectivity index (χ0v) is 18.5. The van der Waals surface area contributed by atoms with E-state index in [0.29, 0.717) is 23.7 Å². The van der Waals surface area contributed by atoms with E-state index in [0.717, 1.165) is 0 Å². The Labute approximate surface area is 186 Å². The van der Waals surface area contributed by atoms with Crippen molar-refractivity contribution in [2.75, 3.05) is 6.61 Å². The van der Waals surface area contributed by atoms with Crippen molar-refractivity contribution in [1.29, 1.82) is 0 Å². The number of hydrogen-bond donors (Lipinski definition) is 3. The predicted octanol–water partition coefficient (Wildman–Crippen LogP) is 2.59. The number of benzene rings is 2. The smallest absolute Gasteiger partial charge is 0.279 e. The first-order valence-corrected chi connectivity index (χ1v) is 10.3. The number of hydrogen-bond acceptors (Lipinski definition) is 5. The van der Waals surface area contributed by atoms with Gasteiger partial charge >= 0.3 is 0 Å². The molecule has 0 radical (unpaired) electrons. The van der Waals surface area contributed by atoms with Crippen molar-refractivity contribution >= 4 is 17.7 Å². The molecule has 0 fully saturated rings. The zero-order valence-electron chi connectivity index (χ0n) is 18.5. The fourth-order valence-corrected chi connectivity index (χ4v) is 2.76. The minimum absolute atomic E-state index is 0.261. The van der Waals surface area contributed by atoms with E-state index in [-0.39, 0.29) is 5.92 Å². The van der Waals surface area contributed by atoms with Gasteiger partial charge in [0.15, 0.2) is 6.10 Å². The molecule has 0 bridgehead atoms. The Bertz CT molecular complexity index is 933. The second-order valence-corrected chi connectivity index (χ2v) is 7.32. The van der Waals surface area contributed by atoms with Gasteiger partial charge in [-0.2, -0.15) is 0 Å². The lowest BCUT2D eigenvalue weighted by Crippen LogP contribution is -2.56. The molecule has 8 nitrogen and oxygen atoms in total. The first-order chi connectivity index (χ1) is 15.2. The van der Waals surface area contributed by atoms with E-state index in [1.807, 2.05) is 6.92 Å². The van der Waals surface area contributed by atoms with Crippen LogP contribution in [0.4, 0.5) is 4.39 Å². The topological polar surface area (TPSA) is 106 Å². The monoisotopic (exact) mass is 445 g/mol. The van der Waals surface area contributed by atoms with Gasteiger partial charge in [-0.3, -0.25) is 25.2 Å². The maximum absolute atomic E-state index is 13.0. The van der Waals surface area contributed by atoms with Crippen LogP contribution in [0, 0.1) is 11.7 Å². The molecule has 2 aromatic carbocycles. The van der Waals surface area contributed by atoms with Gasteiger partial charge in [-0.05, 0) is 56.2 Å². The summed E-state index contributed by atoms with van der Waals surface area (Å²) in [6.45, 7) is 7.21. The van der Waals surface area contributed by atoms with E-state index >= 15 is 0 Å². The van der Waals surface area contributed by atoms with Crippen LogP contribution < -0.4 is 25.6 Å². The maximum Gasteiger partial charge on any atom is 0.279 e. The Morgan fingerprint density at radius 3 is 2.19 bits per heavy atom. The molecule has 3 amide bonds. The summed E-state index contributed by atoms with van der Waals surface area (Å²) in [5, 5.41) is 2.68. The first-order valence-electron chi connectivity index (χ1n) is 10.3. The van der Waals surface area contributed by atoms with Crippen LogP contribution in [0.2, 0.25) is 0 Å². The Morgan fingerprint density at radius 2 is 1.56 bits per heavy atom. The first kappa shape index (κ1) is 24.6. The SMILES string of the molecule is CCOc1ccccc1C(=O)N[C@H](C(=O)NNC(=O)C(C)Oc1ccc(F)cc1)C(C)C. The summed E-state index contributed by atoms with van der Waals surface area (Å²) in [7, 11) is 0. The van der Waals surface area contributed by atoms with Gasteiger partial charge < -0.3 is 14.8 Å². The number of carbonyl (C=O) groups excluding carboxylic acids is 3. The second-order valence-electron chi connectivity index (χ2n) is 7.32. The fraction of sp³-hybridized carbons (Fsp3) is 0.348. The van der Waals surface area contributed by atoms with Crippen LogP contribution in [-0.2, 0) is 9.59 Å². The highest BCUT2D eigenvalue weighted by Crippen LogP contribution is 2.18. The molecule has 32 heavy (non-hydrogen) atoms. The highest BCUT2D eigenvalue weighted by molar-refractivity contribution is 6.00. The number of amides is 3. The lowest BCUT2D eigenvalue weighted by atomic mass is 10.0. The molecule has 3 N–H and O–H groups in total. The molecular weight excluding hydrogens is 417 g/mol. The molecule has 2 atom stereocenters. The number of nitrogens with one attached hydrogen (secondary N) is 3. The Morgan fingerprint density at radius 1 is 0.938 bits per heavy atom. The second kappa shape index (κ2) is 11.7. The van der Waals surface area contributed by atoms with Crippen molar-refractivity contribution in [3.05, 3.63) is 59.9 Å². The summed E-state index contributed by atoms with van der Waals surface area (Å²) in [6, 6.07) is 11.0. The summed E-state index contributed by atoms with van der Waals surface area (Å²) < 4.78 is 23.9. The average Bonchev–Trinajstić information content (AvgIpc) is 2.77. The molecule has 172 valence electrons. The Hall–Kier alpha value is -3.62. The molecule has 0 saturated heterocycles. The van der Waals surface area contributed by atoms with Crippen LogP contribution in [0.1, 0.15) is 38.1 Å². The van der Waals surface area contributed by atoms with Gasteiger partial charge in [-0.15, -0.1) is 0 Å². The highest BCUT2D eigenvalue weighted by Gasteiger charge is 2.27. The minimum atomic E-state index is -0.953. The predicted molar refractivity (Wildman–Crippen MR) is 116 cm³/mol. The third-order valence-corrected chi connectivity index (χ3v) is 4.47. The van der Waals surface area contributed by atoms with Crippen molar-refractivity contribution in [3.8, 4) is 11.5 Å². The van der Waals surface area contributed by atoms with E-state index in [1.54, 1.807) is 38.1 Å². The van der Waals surface area contributed by atoms with Gasteiger partial charge in [0.05, 0.1) is 12.2 Å². The molecule has 0 spiro atoms. The summed E-state index contributed by atoms with van der Waals surface area (Å²) in [6.07, 6.45) is -0.953. The minimum Gasteiger partial charge on any atom is -0.493 e. The fourth-order valence-electron chi connectivity index (χ4n) is 2.76. The summed E-state index contributed by atoms with van der Waals surface area (Å²) in [4.78, 5) is 37.6. The number of para-hydroxylation sites is 1. The van der Waals surface area contributed by atoms with Crippen molar-refractivity contribution in [2.45, 2.75) is 39.8 Å². The highest BCUT2D eigenvalue weighted by atomic mass is 19.1. The van der Waals surface area contributed by atoms with Crippen LogP contribution in [0.5, 0.6) is 11.5 Å². The molecule has 0 saturated carbocycles. The van der Waals surface area contributed by atoms with E-state index in [4.69, 9.17) is 9.47 Å². The van der Waals surface area contributed by atoms with Crippen molar-refractivity contribution in [2.24, 2.45) is 5.92 Å². The third kappa shape index (κ3) is 6.97. The summed E-state index contributed by atoms with van der Waals surface area (Å²) in [5.41, 5.74) is 4.90. The molecular formula is C23H28FN3O5. The van der Waals surface area contributed by atoms with Gasteiger partial charge in [0.25, 0.3) is 17.7 Å². The average molecular weight is 445 g/mol. The van der Waals surface area contributed by atoms with Gasteiger partial charge in [0.2, 0.25) is 0 Å². The maximum atomic E-state index is 13.0. The van der Waals surface area contributed by atoms with Crippen LogP contribution in [-0.4, -0.2) is 36.5 Å². The largest absolute Gasteiger partial charge is 0.493 e. The Kier molecular flexibility index (Phi) is 9.00. The van der Waals surface area contributed by atoms with Crippen LogP contribution in [0.25, 0.3) is 0 Å². The van der Waals surface area contributed by atoms with Crippen LogP contribution in [0.3, 0.4) is 0 Å². The molecule has 2 rings (SSSR count). The van der Waals surface area contributed by atoms with Gasteiger partial charge in [-0.1, -0.05) is 26.0 Å². The number of halogens is 1. The van der Waals surface area contributed by atoms with Gasteiger partial charge in [0.1, 0.15) is 23.4 Å². The summed E-state index contributed by atoms with van der Waals surface area (Å²) >= 11 is 0. The molecule has 1 unspecified atom stereocenters. The number of ether oxygens (including phenoxy) is 2. The van der Waals surface area contributed by atoms with E-state index in [1.165, 1.54) is 31.2 Å². The molecule has 2 aromatic rings. The zero-order chi connectivity index (χ0) is 23.7. The van der Waals surface area contributed by atoms with Crippen molar-refractivity contribution in [1.82, 2.24) is 16.2 Å². The summed E-state index contributed by atoms with van der Waals surface area (Å²) in [5.74, 6) is -1.64. The molecule has 9 heteroatoms. The van der Waals surface area contributed by atoms with E-state index in [2.05, 4.69) is 16.2 Å². The Balaban J connectivity index is 1.96. The number of carbonyl (C=O) groups is 3. The molecule has 0 heterocycles. The van der Waals surface area contributed by atoms with Crippen LogP contribution >= 0.6 is 0 Å². The van der Waals surface area contributed by atoms with E-state index < -0.39 is 35.7 Å². The normalized spacial score (nSPS) is 12.4. The van der Waals surface area contributed by atoms with Crippen molar-refractivity contribution < 1.29 is 28.2 Å². The molecule has 0 aliphatic carbocycles. The van der Waals surface area contributed by atoms with E-state index in [9.17, 15) is 18.8 Å². The lowest BCUT2D eigenvalue weighted by Gasteiger charge is -2.23. The standard InChI is InChI=1S/C23H28FN3O5/c1-5-31-19-9-7-6-8-18(19)22(29)25-20(14(2)3)23(30)27-26-21(28)15(4)32-17-12-10-16(24)11-13-17/h6-15,20H,5H2,1-4H3,(H,25,29)(H,26,28)(H,27,30)/t15?,20-/m0/s1. The van der Waals surface area contributed by atoms with Gasteiger partial charge in [-0.25, -0.2) is 4.39 Å². The molecule has 0 aliphatic rings. The quantitative estimate of drug-likeness (QED) is 0.515. The molecule has 0 aromatic heterocycles. The number of rotatable bonds is 9. The van der Waals surface area contributed by atoms with Gasteiger partial charge in [0, 0.05) is 0 Å². The number of hydrazine groups is 1. The third-order valence-electron chi connectivity index (χ3n) is 4.47. The lowest BCUT2D eigenvalue weighted by molar-refractivity contribution is -0.133. The molecule has 0 aliphatic heterocycles.